The van der Waals surface area contributed by atoms with E-state index in [9.17, 15) is 0 Å². The SMILES string of the molecule is C=C/C=C(\C=C)c1ccc2c(c1)c1cc(C)ccc1n2-c1ccc2c(c1)C(C)(C)c1cc(N(c3ccccc3)c3ccc4ccccc4c3)c3ccccc3c1-2. The summed E-state index contributed by atoms with van der Waals surface area (Å²) in [6, 6.07) is 58.4. The summed E-state index contributed by atoms with van der Waals surface area (Å²) in [6.45, 7) is 15.0. The van der Waals surface area contributed by atoms with Crippen molar-refractivity contribution in [2.45, 2.75) is 26.2 Å². The number of benzene rings is 8. The Morgan fingerprint density at radius 3 is 2.09 bits per heavy atom. The van der Waals surface area contributed by atoms with Gasteiger partial charge in [0.15, 0.2) is 0 Å². The van der Waals surface area contributed by atoms with E-state index in [1.54, 1.807) is 0 Å². The van der Waals surface area contributed by atoms with Crippen molar-refractivity contribution in [1.82, 2.24) is 4.57 Å². The Balaban J connectivity index is 1.18. The molecular formula is C54H42N2. The van der Waals surface area contributed by atoms with E-state index in [0.29, 0.717) is 0 Å². The summed E-state index contributed by atoms with van der Waals surface area (Å²) in [4.78, 5) is 2.44. The van der Waals surface area contributed by atoms with Crippen molar-refractivity contribution in [3.63, 3.8) is 0 Å². The number of hydrogen-bond acceptors (Lipinski definition) is 1. The van der Waals surface area contributed by atoms with Crippen molar-refractivity contribution < 1.29 is 0 Å². The third-order valence-corrected chi connectivity index (χ3v) is 11.9. The lowest BCUT2D eigenvalue weighted by atomic mass is 9.81. The van der Waals surface area contributed by atoms with E-state index < -0.39 is 0 Å². The molecule has 0 N–H and O–H groups in total. The minimum atomic E-state index is -0.262. The highest BCUT2D eigenvalue weighted by Gasteiger charge is 2.38. The fourth-order valence-corrected chi connectivity index (χ4v) is 9.20. The molecule has 268 valence electrons. The molecule has 0 unspecified atom stereocenters. The van der Waals surface area contributed by atoms with E-state index in [1.807, 2.05) is 18.2 Å². The van der Waals surface area contributed by atoms with Crippen molar-refractivity contribution in [3.8, 4) is 16.8 Å². The summed E-state index contributed by atoms with van der Waals surface area (Å²) in [5.74, 6) is 0. The van der Waals surface area contributed by atoms with Crippen LogP contribution < -0.4 is 4.90 Å². The van der Waals surface area contributed by atoms with Crippen LogP contribution in [-0.2, 0) is 5.41 Å². The van der Waals surface area contributed by atoms with Crippen LogP contribution in [0, 0.1) is 6.92 Å². The lowest BCUT2D eigenvalue weighted by molar-refractivity contribution is 0.660. The van der Waals surface area contributed by atoms with Crippen LogP contribution in [0.25, 0.3) is 65.7 Å². The first-order valence-corrected chi connectivity index (χ1v) is 19.4. The van der Waals surface area contributed by atoms with Gasteiger partial charge in [-0.1, -0.05) is 142 Å². The number of allylic oxidation sites excluding steroid dienone is 4. The largest absolute Gasteiger partial charge is 0.310 e. The first-order chi connectivity index (χ1) is 27.4. The quantitative estimate of drug-likeness (QED) is 0.149. The van der Waals surface area contributed by atoms with Crippen LogP contribution >= 0.6 is 0 Å². The minimum absolute atomic E-state index is 0.262. The second-order valence-electron chi connectivity index (χ2n) is 15.6. The number of fused-ring (bicyclic) bond motifs is 9. The molecule has 0 amide bonds. The Labute approximate surface area is 328 Å². The van der Waals surface area contributed by atoms with Gasteiger partial charge < -0.3 is 9.47 Å². The average molecular weight is 719 g/mol. The lowest BCUT2D eigenvalue weighted by Gasteiger charge is -2.30. The van der Waals surface area contributed by atoms with E-state index in [2.05, 4.69) is 201 Å². The highest BCUT2D eigenvalue weighted by Crippen LogP contribution is 2.55. The van der Waals surface area contributed by atoms with Crippen LogP contribution in [-0.4, -0.2) is 4.57 Å². The molecule has 1 heterocycles. The molecule has 2 nitrogen and oxygen atoms in total. The Kier molecular flexibility index (Phi) is 7.73. The Hall–Kier alpha value is -6.90. The molecule has 0 bridgehead atoms. The fourth-order valence-electron chi connectivity index (χ4n) is 9.20. The molecule has 10 rings (SSSR count). The van der Waals surface area contributed by atoms with Gasteiger partial charge >= 0.3 is 0 Å². The molecule has 0 atom stereocenters. The van der Waals surface area contributed by atoms with Crippen LogP contribution in [0.15, 0.2) is 189 Å². The van der Waals surface area contributed by atoms with Crippen LogP contribution in [0.2, 0.25) is 0 Å². The van der Waals surface area contributed by atoms with Crippen molar-refractivity contribution in [2.24, 2.45) is 0 Å². The van der Waals surface area contributed by atoms with Gasteiger partial charge in [-0.15, -0.1) is 0 Å². The number of rotatable bonds is 7. The van der Waals surface area contributed by atoms with Gasteiger partial charge in [-0.3, -0.25) is 0 Å². The molecular weight excluding hydrogens is 677 g/mol. The molecule has 2 heteroatoms. The van der Waals surface area contributed by atoms with Crippen LogP contribution in [0.1, 0.15) is 36.1 Å². The smallest absolute Gasteiger partial charge is 0.0543 e. The van der Waals surface area contributed by atoms with E-state index in [1.165, 1.54) is 82.5 Å². The monoisotopic (exact) mass is 718 g/mol. The second kappa shape index (κ2) is 12.9. The molecule has 9 aromatic rings. The van der Waals surface area contributed by atoms with Gasteiger partial charge in [-0.25, -0.2) is 0 Å². The van der Waals surface area contributed by atoms with E-state index >= 15 is 0 Å². The van der Waals surface area contributed by atoms with Crippen molar-refractivity contribution in [3.05, 3.63) is 211 Å². The van der Waals surface area contributed by atoms with Crippen LogP contribution in [0.5, 0.6) is 0 Å². The first-order valence-electron chi connectivity index (χ1n) is 19.4. The Morgan fingerprint density at radius 1 is 0.589 bits per heavy atom. The molecule has 0 radical (unpaired) electrons. The molecule has 1 aliphatic carbocycles. The van der Waals surface area contributed by atoms with Crippen LogP contribution in [0.3, 0.4) is 0 Å². The molecule has 0 fully saturated rings. The zero-order chi connectivity index (χ0) is 38.1. The zero-order valence-corrected chi connectivity index (χ0v) is 32.1. The molecule has 0 saturated heterocycles. The normalized spacial score (nSPS) is 13.3. The molecule has 0 saturated carbocycles. The average Bonchev–Trinajstić information content (AvgIpc) is 3.67. The topological polar surface area (TPSA) is 8.17 Å². The Morgan fingerprint density at radius 2 is 1.30 bits per heavy atom. The standard InChI is InChI=1S/C54H42N2/c1-6-15-36(7-2)39-24-29-51-47(32-39)46-30-35(3)22-28-50(46)56(51)42-26-27-45-48(33-42)54(4,5)49-34-52(43-20-13-14-21-44(43)53(45)49)55(40-18-9-8-10-19-40)41-25-23-37-16-11-12-17-38(37)31-41/h6-34H,1-2H2,3-5H3/b36-15+. The summed E-state index contributed by atoms with van der Waals surface area (Å²) < 4.78 is 2.44. The second-order valence-corrected chi connectivity index (χ2v) is 15.6. The fraction of sp³-hybridized carbons (Fsp3) is 0.0741. The maximum absolute atomic E-state index is 4.08. The highest BCUT2D eigenvalue weighted by atomic mass is 15.1. The summed E-state index contributed by atoms with van der Waals surface area (Å²) in [5.41, 5.74) is 15.5. The predicted octanol–water partition coefficient (Wildman–Crippen LogP) is 14.9. The highest BCUT2D eigenvalue weighted by molar-refractivity contribution is 6.12. The predicted molar refractivity (Wildman–Crippen MR) is 241 cm³/mol. The summed E-state index contributed by atoms with van der Waals surface area (Å²) in [5, 5.41) is 7.44. The molecule has 1 aliphatic rings. The third kappa shape index (κ3) is 5.10. The van der Waals surface area contributed by atoms with Gasteiger partial charge in [0, 0.05) is 38.6 Å². The number of aryl methyl sites for hydroxylation is 1. The lowest BCUT2D eigenvalue weighted by Crippen LogP contribution is -2.17. The number of para-hydroxylation sites is 1. The Bertz CT molecular complexity index is 3100. The molecule has 0 aliphatic heterocycles. The number of aromatic nitrogens is 1. The van der Waals surface area contributed by atoms with Crippen LogP contribution in [0.4, 0.5) is 17.1 Å². The zero-order valence-electron chi connectivity index (χ0n) is 32.1. The maximum atomic E-state index is 4.08. The van der Waals surface area contributed by atoms with Gasteiger partial charge in [0.05, 0.1) is 16.7 Å². The van der Waals surface area contributed by atoms with E-state index in [0.717, 1.165) is 22.5 Å². The van der Waals surface area contributed by atoms with Gasteiger partial charge in [0.1, 0.15) is 0 Å². The van der Waals surface area contributed by atoms with E-state index in [4.69, 9.17) is 0 Å². The van der Waals surface area contributed by atoms with Gasteiger partial charge in [0.25, 0.3) is 0 Å². The molecule has 8 aromatic carbocycles. The summed E-state index contributed by atoms with van der Waals surface area (Å²) in [7, 11) is 0. The van der Waals surface area contributed by atoms with E-state index in [-0.39, 0.29) is 5.41 Å². The van der Waals surface area contributed by atoms with Gasteiger partial charge in [-0.05, 0) is 123 Å². The molecule has 0 spiro atoms. The van der Waals surface area contributed by atoms with Gasteiger partial charge in [0.2, 0.25) is 0 Å². The molecule has 56 heavy (non-hydrogen) atoms. The number of nitrogens with zero attached hydrogens (tertiary/aromatic N) is 2. The van der Waals surface area contributed by atoms with Crippen molar-refractivity contribution in [2.75, 3.05) is 4.90 Å². The summed E-state index contributed by atoms with van der Waals surface area (Å²) in [6.07, 6.45) is 5.76. The molecule has 1 aromatic heterocycles. The minimum Gasteiger partial charge on any atom is -0.310 e. The van der Waals surface area contributed by atoms with Crippen molar-refractivity contribution in [1.29, 1.82) is 0 Å². The number of hydrogen-bond donors (Lipinski definition) is 0. The third-order valence-electron chi connectivity index (χ3n) is 11.9. The number of anilines is 3. The van der Waals surface area contributed by atoms with Crippen molar-refractivity contribution >= 4 is 66.0 Å². The maximum Gasteiger partial charge on any atom is 0.0543 e. The first kappa shape index (κ1) is 33.7. The summed E-state index contributed by atoms with van der Waals surface area (Å²) >= 11 is 0. The van der Waals surface area contributed by atoms with Gasteiger partial charge in [-0.2, -0.15) is 0 Å².